The third kappa shape index (κ3) is 3.84. The van der Waals surface area contributed by atoms with Gasteiger partial charge in [0.2, 0.25) is 0 Å². The van der Waals surface area contributed by atoms with E-state index in [1.165, 1.54) is 6.42 Å². The predicted molar refractivity (Wildman–Crippen MR) is 35.8 cm³/mol. The molecule has 0 saturated heterocycles. The number of hydrogen-bond acceptors (Lipinski definition) is 2. The smallest absolute Gasteiger partial charge is 1.00 e. The van der Waals surface area contributed by atoms with Crippen LogP contribution >= 0.6 is 0 Å². The standard InChI is InChI=1S/C6H12N2O2.K.H/c9-7-8(10)6-4-2-1-3-5-6;;/h6,9H,1-5H2;;/q;+1;-1/b8-7-;;. The van der Waals surface area contributed by atoms with Crippen molar-refractivity contribution in [1.82, 2.24) is 0 Å². The summed E-state index contributed by atoms with van der Waals surface area (Å²) < 4.78 is 0. The van der Waals surface area contributed by atoms with Gasteiger partial charge in [-0.25, -0.2) is 0 Å². The van der Waals surface area contributed by atoms with Crippen LogP contribution in [0.15, 0.2) is 5.28 Å². The van der Waals surface area contributed by atoms with Crippen LogP contribution in [0.4, 0.5) is 0 Å². The van der Waals surface area contributed by atoms with E-state index in [0.717, 1.165) is 25.7 Å². The Labute approximate surface area is 110 Å². The molecule has 0 unspecified atom stereocenters. The first-order valence-electron chi connectivity index (χ1n) is 3.66. The van der Waals surface area contributed by atoms with Crippen LogP contribution < -0.4 is 51.4 Å². The summed E-state index contributed by atoms with van der Waals surface area (Å²) in [6.45, 7) is 0. The number of rotatable bonds is 1. The van der Waals surface area contributed by atoms with E-state index in [0.29, 0.717) is 4.86 Å². The molecule has 0 atom stereocenters. The van der Waals surface area contributed by atoms with Gasteiger partial charge in [0.05, 0.1) is 0 Å². The molecule has 1 rings (SSSR count). The molecule has 11 heavy (non-hydrogen) atoms. The minimum atomic E-state index is -0.0706. The molecule has 1 saturated carbocycles. The van der Waals surface area contributed by atoms with Gasteiger partial charge in [0.1, 0.15) is 0 Å². The van der Waals surface area contributed by atoms with E-state index in [1.807, 2.05) is 0 Å². The van der Waals surface area contributed by atoms with Crippen LogP contribution in [0.1, 0.15) is 33.5 Å². The number of hydroxylamine groups is 1. The van der Waals surface area contributed by atoms with Crippen LogP contribution in [0.25, 0.3) is 0 Å². The topological polar surface area (TPSA) is 58.7 Å². The second-order valence-electron chi connectivity index (χ2n) is 2.68. The van der Waals surface area contributed by atoms with Gasteiger partial charge in [0.15, 0.2) is 11.3 Å². The second-order valence-corrected chi connectivity index (χ2v) is 2.68. The SMILES string of the molecule is [H-].[K+].[O-]/[N+](=N\O)C1CCCCC1. The van der Waals surface area contributed by atoms with Gasteiger partial charge in [0, 0.05) is 12.8 Å². The Morgan fingerprint density at radius 2 is 1.91 bits per heavy atom. The van der Waals surface area contributed by atoms with Crippen molar-refractivity contribution in [2.45, 2.75) is 38.1 Å². The van der Waals surface area contributed by atoms with E-state index in [2.05, 4.69) is 5.28 Å². The molecule has 60 valence electrons. The van der Waals surface area contributed by atoms with Crippen LogP contribution in [0.5, 0.6) is 0 Å². The molecule has 0 aromatic rings. The summed E-state index contributed by atoms with van der Waals surface area (Å²) >= 11 is 0. The van der Waals surface area contributed by atoms with Crippen molar-refractivity contribution in [3.8, 4) is 0 Å². The van der Waals surface area contributed by atoms with Gasteiger partial charge in [-0.2, -0.15) is 0 Å². The largest absolute Gasteiger partial charge is 1.00 e. The Bertz CT molecular complexity index is 140. The molecule has 0 aliphatic heterocycles. The quantitative estimate of drug-likeness (QED) is 0.240. The third-order valence-electron chi connectivity index (χ3n) is 1.98. The Morgan fingerprint density at radius 3 is 2.36 bits per heavy atom. The van der Waals surface area contributed by atoms with Gasteiger partial charge in [-0.1, -0.05) is 11.3 Å². The number of hydrogen-bond donors (Lipinski definition) is 1. The van der Waals surface area contributed by atoms with Crippen LogP contribution in [0.2, 0.25) is 0 Å². The molecule has 1 N–H and O–H groups in total. The molecule has 1 aliphatic rings. The Morgan fingerprint density at radius 1 is 1.36 bits per heavy atom. The molecule has 0 radical (unpaired) electrons. The van der Waals surface area contributed by atoms with Crippen molar-refractivity contribution >= 4 is 0 Å². The molecule has 1 aliphatic carbocycles. The minimum absolute atomic E-state index is 0. The first-order valence-corrected chi connectivity index (χ1v) is 3.66. The molecule has 0 spiro atoms. The van der Waals surface area contributed by atoms with Crippen LogP contribution in [0.3, 0.4) is 0 Å². The summed E-state index contributed by atoms with van der Waals surface area (Å²) in [6.07, 6.45) is 5.11. The van der Waals surface area contributed by atoms with Crippen LogP contribution in [-0.2, 0) is 0 Å². The maximum Gasteiger partial charge on any atom is 1.00 e. The fourth-order valence-corrected chi connectivity index (χ4v) is 1.37. The van der Waals surface area contributed by atoms with Gasteiger partial charge in [-0.05, 0) is 12.8 Å². The van der Waals surface area contributed by atoms with E-state index in [4.69, 9.17) is 5.21 Å². The Balaban J connectivity index is 0. The molecule has 0 heterocycles. The van der Waals surface area contributed by atoms with E-state index in [1.54, 1.807) is 0 Å². The Kier molecular flexibility index (Phi) is 6.85. The summed E-state index contributed by atoms with van der Waals surface area (Å²) in [7, 11) is 0. The van der Waals surface area contributed by atoms with Crippen molar-refractivity contribution in [2.75, 3.05) is 0 Å². The first-order chi connectivity index (χ1) is 4.84. The Hall–Kier alpha value is 0.836. The molecule has 0 aromatic carbocycles. The normalized spacial score (nSPS) is 20.9. The van der Waals surface area contributed by atoms with Gasteiger partial charge in [0.25, 0.3) is 0 Å². The van der Waals surface area contributed by atoms with Crippen LogP contribution in [0, 0.1) is 5.21 Å². The molecule has 4 nitrogen and oxygen atoms in total. The van der Waals surface area contributed by atoms with E-state index in [-0.39, 0.29) is 58.9 Å². The van der Waals surface area contributed by atoms with Crippen molar-refractivity contribution in [2.24, 2.45) is 5.28 Å². The zero-order valence-corrected chi connectivity index (χ0v) is 9.99. The van der Waals surface area contributed by atoms with E-state index >= 15 is 0 Å². The maximum absolute atomic E-state index is 10.7. The minimum Gasteiger partial charge on any atom is -1.00 e. The van der Waals surface area contributed by atoms with E-state index < -0.39 is 0 Å². The second kappa shape index (κ2) is 6.36. The summed E-state index contributed by atoms with van der Waals surface area (Å²) in [5.74, 6) is 0. The summed E-state index contributed by atoms with van der Waals surface area (Å²) in [5, 5.41) is 21.4. The molecule has 0 amide bonds. The molecule has 0 aromatic heterocycles. The van der Waals surface area contributed by atoms with Crippen molar-refractivity contribution < 1.29 is 62.9 Å². The zero-order chi connectivity index (χ0) is 7.40. The summed E-state index contributed by atoms with van der Waals surface area (Å²) in [4.78, 5) is 0.416. The molecule has 0 bridgehead atoms. The van der Waals surface area contributed by atoms with Crippen molar-refractivity contribution in [3.05, 3.63) is 5.21 Å². The zero-order valence-electron chi connectivity index (χ0n) is 7.86. The third-order valence-corrected chi connectivity index (χ3v) is 1.98. The van der Waals surface area contributed by atoms with Crippen LogP contribution in [-0.4, -0.2) is 16.1 Å². The van der Waals surface area contributed by atoms with Crippen molar-refractivity contribution in [3.63, 3.8) is 0 Å². The average molecular weight is 184 g/mol. The van der Waals surface area contributed by atoms with Gasteiger partial charge >= 0.3 is 51.4 Å². The summed E-state index contributed by atoms with van der Waals surface area (Å²) in [6, 6.07) is -0.0706. The first kappa shape index (κ1) is 11.8. The van der Waals surface area contributed by atoms with Gasteiger partial charge in [-0.15, -0.1) is 0 Å². The van der Waals surface area contributed by atoms with Gasteiger partial charge < -0.3 is 11.8 Å². The fourth-order valence-electron chi connectivity index (χ4n) is 1.37. The maximum atomic E-state index is 10.7. The number of nitrogens with zero attached hydrogens (tertiary/aromatic N) is 2. The molecule has 5 heteroatoms. The molecule has 1 fully saturated rings. The molecular weight excluding hydrogens is 171 g/mol. The summed E-state index contributed by atoms with van der Waals surface area (Å²) in [5.41, 5.74) is 0. The fraction of sp³-hybridized carbons (Fsp3) is 1.00. The van der Waals surface area contributed by atoms with Crippen molar-refractivity contribution in [1.29, 1.82) is 0 Å². The van der Waals surface area contributed by atoms with Gasteiger partial charge in [-0.3, -0.25) is 0 Å². The average Bonchev–Trinajstić information content (AvgIpc) is 2.05. The molecular formula is C6H13KN2O2. The predicted octanol–water partition coefficient (Wildman–Crippen LogP) is -1.21. The monoisotopic (exact) mass is 184 g/mol. The van der Waals surface area contributed by atoms with E-state index in [9.17, 15) is 5.21 Å².